The smallest absolute Gasteiger partial charge is 0.229 e. The zero-order chi connectivity index (χ0) is 14.5. The van der Waals surface area contributed by atoms with E-state index in [-0.39, 0.29) is 17.9 Å². The summed E-state index contributed by atoms with van der Waals surface area (Å²) in [6, 6.07) is 7.26. The van der Waals surface area contributed by atoms with Gasteiger partial charge in [0.25, 0.3) is 0 Å². The van der Waals surface area contributed by atoms with E-state index in [0.717, 1.165) is 17.9 Å². The number of carbonyl (C=O) groups excluding carboxylic acids is 2. The molecule has 20 heavy (non-hydrogen) atoms. The molecule has 0 radical (unpaired) electrons. The monoisotopic (exact) mass is 276 g/mol. The largest absolute Gasteiger partial charge is 0.497 e. The quantitative estimate of drug-likeness (QED) is 0.890. The number of hydrogen-bond acceptors (Lipinski definition) is 3. The summed E-state index contributed by atoms with van der Waals surface area (Å²) in [4.78, 5) is 25.3. The molecular weight excluding hydrogens is 256 g/mol. The maximum atomic E-state index is 12.0. The van der Waals surface area contributed by atoms with Crippen molar-refractivity contribution in [3.63, 3.8) is 0 Å². The number of ether oxygens (including phenoxy) is 1. The first-order valence-corrected chi connectivity index (χ1v) is 6.87. The van der Waals surface area contributed by atoms with Gasteiger partial charge in [0, 0.05) is 25.1 Å². The second-order valence-electron chi connectivity index (χ2n) is 4.92. The number of anilines is 1. The van der Waals surface area contributed by atoms with Gasteiger partial charge in [-0.15, -0.1) is 0 Å². The van der Waals surface area contributed by atoms with Crippen LogP contribution in [0.15, 0.2) is 24.3 Å². The lowest BCUT2D eigenvalue weighted by molar-refractivity contribution is -0.121. The van der Waals surface area contributed by atoms with Crippen LogP contribution in [0.1, 0.15) is 26.2 Å². The zero-order valence-corrected chi connectivity index (χ0v) is 11.9. The number of rotatable bonds is 5. The highest BCUT2D eigenvalue weighted by Gasteiger charge is 2.31. The molecule has 1 heterocycles. The molecule has 1 aliphatic heterocycles. The number of carbonyl (C=O) groups is 2. The van der Waals surface area contributed by atoms with Crippen LogP contribution < -0.4 is 15.0 Å². The van der Waals surface area contributed by atoms with Gasteiger partial charge in [-0.1, -0.05) is 6.92 Å². The standard InChI is InChI=1S/C15H20N2O3/c1-3-4-14(18)16-11-9-15(19)17(10-11)12-5-7-13(20-2)8-6-12/h5-8,11H,3-4,9-10H2,1-2H3,(H,16,18)/t11-/m0/s1. The number of methoxy groups -OCH3 is 1. The molecular formula is C15H20N2O3. The molecule has 1 aromatic rings. The van der Waals surface area contributed by atoms with Crippen molar-refractivity contribution in [3.8, 4) is 5.75 Å². The van der Waals surface area contributed by atoms with Crippen molar-refractivity contribution in [2.24, 2.45) is 0 Å². The highest BCUT2D eigenvalue weighted by Crippen LogP contribution is 2.24. The highest BCUT2D eigenvalue weighted by molar-refractivity contribution is 5.96. The van der Waals surface area contributed by atoms with Gasteiger partial charge in [-0.25, -0.2) is 0 Å². The topological polar surface area (TPSA) is 58.6 Å². The van der Waals surface area contributed by atoms with Gasteiger partial charge in [-0.2, -0.15) is 0 Å². The first-order valence-electron chi connectivity index (χ1n) is 6.87. The van der Waals surface area contributed by atoms with Gasteiger partial charge in [-0.05, 0) is 30.7 Å². The summed E-state index contributed by atoms with van der Waals surface area (Å²) >= 11 is 0. The van der Waals surface area contributed by atoms with Crippen molar-refractivity contribution in [1.82, 2.24) is 5.32 Å². The molecule has 0 spiro atoms. The van der Waals surface area contributed by atoms with Crippen molar-refractivity contribution >= 4 is 17.5 Å². The minimum atomic E-state index is -0.0938. The van der Waals surface area contributed by atoms with Gasteiger partial charge >= 0.3 is 0 Å². The van der Waals surface area contributed by atoms with Crippen molar-refractivity contribution in [1.29, 1.82) is 0 Å². The molecule has 0 aromatic heterocycles. The van der Waals surface area contributed by atoms with Crippen LogP contribution in [0.2, 0.25) is 0 Å². The summed E-state index contributed by atoms with van der Waals surface area (Å²) in [5.41, 5.74) is 0.836. The number of nitrogens with zero attached hydrogens (tertiary/aromatic N) is 1. The van der Waals surface area contributed by atoms with Crippen LogP contribution in [0.5, 0.6) is 5.75 Å². The lowest BCUT2D eigenvalue weighted by atomic mass is 10.2. The van der Waals surface area contributed by atoms with E-state index in [2.05, 4.69) is 5.32 Å². The van der Waals surface area contributed by atoms with Gasteiger partial charge < -0.3 is 15.0 Å². The molecule has 2 rings (SSSR count). The predicted molar refractivity (Wildman–Crippen MR) is 76.8 cm³/mol. The van der Waals surface area contributed by atoms with E-state index in [9.17, 15) is 9.59 Å². The van der Waals surface area contributed by atoms with E-state index in [0.29, 0.717) is 19.4 Å². The second-order valence-corrected chi connectivity index (χ2v) is 4.92. The van der Waals surface area contributed by atoms with Crippen LogP contribution in [-0.2, 0) is 9.59 Å². The van der Waals surface area contributed by atoms with Crippen LogP contribution in [0.25, 0.3) is 0 Å². The number of hydrogen-bond donors (Lipinski definition) is 1. The van der Waals surface area contributed by atoms with E-state index in [1.54, 1.807) is 12.0 Å². The number of amides is 2. The Kier molecular flexibility index (Phi) is 4.61. The Hall–Kier alpha value is -2.04. The average molecular weight is 276 g/mol. The molecule has 1 N–H and O–H groups in total. The van der Waals surface area contributed by atoms with Crippen LogP contribution >= 0.6 is 0 Å². The predicted octanol–water partition coefficient (Wildman–Crippen LogP) is 1.72. The molecule has 1 saturated heterocycles. The Morgan fingerprint density at radius 2 is 2.10 bits per heavy atom. The van der Waals surface area contributed by atoms with Gasteiger partial charge in [0.2, 0.25) is 11.8 Å². The van der Waals surface area contributed by atoms with Gasteiger partial charge in [0.05, 0.1) is 13.2 Å². The SMILES string of the molecule is CCCC(=O)N[C@H]1CC(=O)N(c2ccc(OC)cc2)C1. The fourth-order valence-corrected chi connectivity index (χ4v) is 2.34. The van der Waals surface area contributed by atoms with Gasteiger partial charge in [0.15, 0.2) is 0 Å². The van der Waals surface area contributed by atoms with E-state index >= 15 is 0 Å². The Labute approximate surface area is 118 Å². The molecule has 1 aliphatic rings. The molecule has 0 saturated carbocycles. The first-order chi connectivity index (χ1) is 9.63. The van der Waals surface area contributed by atoms with E-state index in [4.69, 9.17) is 4.74 Å². The maximum Gasteiger partial charge on any atom is 0.229 e. The summed E-state index contributed by atoms with van der Waals surface area (Å²) in [7, 11) is 1.61. The third kappa shape index (κ3) is 3.29. The Morgan fingerprint density at radius 1 is 1.40 bits per heavy atom. The molecule has 108 valence electrons. The van der Waals surface area contributed by atoms with Crippen LogP contribution in [0, 0.1) is 0 Å². The molecule has 5 heteroatoms. The van der Waals surface area contributed by atoms with Crippen molar-refractivity contribution in [2.45, 2.75) is 32.2 Å². The van der Waals surface area contributed by atoms with Crippen LogP contribution in [0.4, 0.5) is 5.69 Å². The third-order valence-electron chi connectivity index (χ3n) is 3.35. The molecule has 1 aromatic carbocycles. The van der Waals surface area contributed by atoms with Crippen molar-refractivity contribution in [2.75, 3.05) is 18.6 Å². The summed E-state index contributed by atoms with van der Waals surface area (Å²) in [5, 5.41) is 2.91. The van der Waals surface area contributed by atoms with Gasteiger partial charge in [-0.3, -0.25) is 9.59 Å². The minimum absolute atomic E-state index is 0.0156. The zero-order valence-electron chi connectivity index (χ0n) is 11.9. The summed E-state index contributed by atoms with van der Waals surface area (Å²) < 4.78 is 5.10. The number of nitrogens with one attached hydrogen (secondary N) is 1. The highest BCUT2D eigenvalue weighted by atomic mass is 16.5. The van der Waals surface area contributed by atoms with Gasteiger partial charge in [0.1, 0.15) is 5.75 Å². The van der Waals surface area contributed by atoms with Crippen LogP contribution in [-0.4, -0.2) is 31.5 Å². The summed E-state index contributed by atoms with van der Waals surface area (Å²) in [5.74, 6) is 0.812. The maximum absolute atomic E-state index is 12.0. The molecule has 5 nitrogen and oxygen atoms in total. The van der Waals surface area contributed by atoms with Crippen LogP contribution in [0.3, 0.4) is 0 Å². The van der Waals surface area contributed by atoms with E-state index in [1.807, 2.05) is 31.2 Å². The second kappa shape index (κ2) is 6.41. The number of benzene rings is 1. The molecule has 2 amide bonds. The fourth-order valence-electron chi connectivity index (χ4n) is 2.34. The average Bonchev–Trinajstić information content (AvgIpc) is 2.80. The lowest BCUT2D eigenvalue weighted by Crippen LogP contribution is -2.36. The van der Waals surface area contributed by atoms with Crippen molar-refractivity contribution < 1.29 is 14.3 Å². The minimum Gasteiger partial charge on any atom is -0.497 e. The summed E-state index contributed by atoms with van der Waals surface area (Å²) in [6.45, 7) is 2.49. The van der Waals surface area contributed by atoms with E-state index in [1.165, 1.54) is 0 Å². The fraction of sp³-hybridized carbons (Fsp3) is 0.467. The summed E-state index contributed by atoms with van der Waals surface area (Å²) in [6.07, 6.45) is 1.68. The van der Waals surface area contributed by atoms with E-state index < -0.39 is 0 Å². The molecule has 1 fully saturated rings. The Bertz CT molecular complexity index is 484. The first kappa shape index (κ1) is 14.4. The Morgan fingerprint density at radius 3 is 2.70 bits per heavy atom. The lowest BCUT2D eigenvalue weighted by Gasteiger charge is -2.17. The third-order valence-corrected chi connectivity index (χ3v) is 3.35. The van der Waals surface area contributed by atoms with Crippen molar-refractivity contribution in [3.05, 3.63) is 24.3 Å². The normalized spacial score (nSPS) is 18.2. The molecule has 0 aliphatic carbocycles. The Balaban J connectivity index is 1.99. The molecule has 0 bridgehead atoms. The molecule has 1 atom stereocenters. The molecule has 0 unspecified atom stereocenters.